The average molecular weight is 260 g/mol. The first kappa shape index (κ1) is 15.1. The molecule has 102 valence electrons. The van der Waals surface area contributed by atoms with Crippen molar-refractivity contribution in [3.63, 3.8) is 0 Å². The summed E-state index contributed by atoms with van der Waals surface area (Å²) in [4.78, 5) is 14.9. The lowest BCUT2D eigenvalue weighted by molar-refractivity contribution is -0.138. The molecule has 1 aliphatic carbocycles. The molecule has 0 aromatic rings. The van der Waals surface area contributed by atoms with Crippen LogP contribution in [0, 0.1) is 5.41 Å². The number of rotatable bonds is 5. The maximum absolute atomic E-state index is 11.8. The second-order valence-corrected chi connectivity index (χ2v) is 5.28. The Labute approximate surface area is 114 Å². The lowest BCUT2D eigenvalue weighted by atomic mass is 9.89. The summed E-state index contributed by atoms with van der Waals surface area (Å²) in [6, 6.07) is 0. The highest BCUT2D eigenvalue weighted by molar-refractivity contribution is 6.40. The second-order valence-electron chi connectivity index (χ2n) is 5.28. The van der Waals surface area contributed by atoms with E-state index in [1.165, 1.54) is 0 Å². The molecule has 1 aliphatic rings. The summed E-state index contributed by atoms with van der Waals surface area (Å²) < 4.78 is 5.03. The third-order valence-electron chi connectivity index (χ3n) is 2.92. The lowest BCUT2D eigenvalue weighted by Crippen LogP contribution is -2.21. The largest absolute Gasteiger partial charge is 0.453 e. The molecule has 1 rings (SSSR count). The SMILES string of the molecule is C/C=C/C=C\COC(=O)C(=[N+]=[N-])C1=CCC(C)(C)C1. The van der Waals surface area contributed by atoms with Crippen molar-refractivity contribution in [1.82, 2.24) is 0 Å². The minimum Gasteiger partial charge on any atom is -0.453 e. The summed E-state index contributed by atoms with van der Waals surface area (Å²) in [5, 5.41) is 0. The van der Waals surface area contributed by atoms with Crippen molar-refractivity contribution in [2.45, 2.75) is 33.6 Å². The average Bonchev–Trinajstić information content (AvgIpc) is 2.70. The van der Waals surface area contributed by atoms with E-state index in [1.54, 1.807) is 12.2 Å². The summed E-state index contributed by atoms with van der Waals surface area (Å²) >= 11 is 0. The van der Waals surface area contributed by atoms with Crippen molar-refractivity contribution in [1.29, 1.82) is 0 Å². The van der Waals surface area contributed by atoms with E-state index in [-0.39, 0.29) is 17.7 Å². The fourth-order valence-corrected chi connectivity index (χ4v) is 1.91. The molecule has 0 N–H and O–H groups in total. The van der Waals surface area contributed by atoms with Gasteiger partial charge in [0, 0.05) is 5.57 Å². The van der Waals surface area contributed by atoms with Gasteiger partial charge in [-0.05, 0) is 31.3 Å². The van der Waals surface area contributed by atoms with Crippen LogP contribution in [-0.4, -0.2) is 23.1 Å². The number of hydrogen-bond acceptors (Lipinski definition) is 2. The zero-order valence-electron chi connectivity index (χ0n) is 11.7. The first-order valence-electron chi connectivity index (χ1n) is 6.36. The number of carbonyl (C=O) groups excluding carboxylic acids is 1. The molecule has 0 aromatic carbocycles. The third kappa shape index (κ3) is 4.68. The van der Waals surface area contributed by atoms with E-state index in [0.717, 1.165) is 18.4 Å². The highest BCUT2D eigenvalue weighted by Gasteiger charge is 2.35. The van der Waals surface area contributed by atoms with Crippen LogP contribution in [0.4, 0.5) is 0 Å². The standard InChI is InChI=1S/C15H20N2O2/c1-4-5-6-7-10-19-14(18)13(17-16)12-8-9-15(2,3)11-12/h4-8H,9-11H2,1-3H3/b5-4+,7-6-. The van der Waals surface area contributed by atoms with Crippen molar-refractivity contribution in [2.75, 3.05) is 6.61 Å². The first-order chi connectivity index (χ1) is 9.00. The Hall–Kier alpha value is -1.93. The maximum Gasteiger partial charge on any atom is 0.422 e. The van der Waals surface area contributed by atoms with Gasteiger partial charge in [-0.25, -0.2) is 4.79 Å². The number of ether oxygens (including phenoxy) is 1. The van der Waals surface area contributed by atoms with E-state index in [0.29, 0.717) is 0 Å². The van der Waals surface area contributed by atoms with Gasteiger partial charge in [-0.3, -0.25) is 0 Å². The molecule has 0 amide bonds. The fraction of sp³-hybridized carbons (Fsp3) is 0.467. The maximum atomic E-state index is 11.8. The predicted molar refractivity (Wildman–Crippen MR) is 74.6 cm³/mol. The molecular formula is C15H20N2O2. The van der Waals surface area contributed by atoms with Gasteiger partial charge in [0.05, 0.1) is 0 Å². The molecular weight excluding hydrogens is 240 g/mol. The summed E-state index contributed by atoms with van der Waals surface area (Å²) in [6.45, 7) is 6.29. The van der Waals surface area contributed by atoms with Gasteiger partial charge in [-0.1, -0.05) is 38.2 Å². The predicted octanol–water partition coefficient (Wildman–Crippen LogP) is 3.08. The minimum absolute atomic E-state index is 0.0185. The first-order valence-corrected chi connectivity index (χ1v) is 6.36. The number of nitrogens with zero attached hydrogens (tertiary/aromatic N) is 2. The van der Waals surface area contributed by atoms with Crippen molar-refractivity contribution in [3.05, 3.63) is 41.5 Å². The van der Waals surface area contributed by atoms with Gasteiger partial charge in [0.2, 0.25) is 0 Å². The number of esters is 1. The smallest absolute Gasteiger partial charge is 0.422 e. The zero-order valence-corrected chi connectivity index (χ0v) is 11.7. The van der Waals surface area contributed by atoms with E-state index in [9.17, 15) is 4.79 Å². The van der Waals surface area contributed by atoms with Crippen molar-refractivity contribution in [3.8, 4) is 0 Å². The third-order valence-corrected chi connectivity index (χ3v) is 2.92. The molecule has 0 fully saturated rings. The molecule has 0 aliphatic heterocycles. The van der Waals surface area contributed by atoms with Crippen LogP contribution < -0.4 is 0 Å². The molecule has 4 nitrogen and oxygen atoms in total. The van der Waals surface area contributed by atoms with E-state index in [4.69, 9.17) is 10.3 Å². The molecule has 0 spiro atoms. The van der Waals surface area contributed by atoms with Gasteiger partial charge in [0.1, 0.15) is 6.61 Å². The molecule has 0 atom stereocenters. The highest BCUT2D eigenvalue weighted by Crippen LogP contribution is 2.36. The van der Waals surface area contributed by atoms with Crippen molar-refractivity contribution >= 4 is 11.7 Å². The molecule has 0 saturated heterocycles. The Balaban J connectivity index is 2.58. The zero-order chi connectivity index (χ0) is 14.3. The molecule has 0 heterocycles. The van der Waals surface area contributed by atoms with Crippen LogP contribution in [0.2, 0.25) is 0 Å². The molecule has 19 heavy (non-hydrogen) atoms. The van der Waals surface area contributed by atoms with Gasteiger partial charge >= 0.3 is 11.7 Å². The van der Waals surface area contributed by atoms with E-state index in [2.05, 4.69) is 18.6 Å². The quantitative estimate of drug-likeness (QED) is 0.251. The summed E-state index contributed by atoms with van der Waals surface area (Å²) in [5.41, 5.74) is 9.87. The van der Waals surface area contributed by atoms with Crippen LogP contribution in [0.15, 0.2) is 36.0 Å². The highest BCUT2D eigenvalue weighted by atomic mass is 16.5. The van der Waals surface area contributed by atoms with E-state index < -0.39 is 5.97 Å². The van der Waals surface area contributed by atoms with E-state index >= 15 is 0 Å². The van der Waals surface area contributed by atoms with Crippen LogP contribution in [0.3, 0.4) is 0 Å². The van der Waals surface area contributed by atoms with Gasteiger partial charge in [0.15, 0.2) is 0 Å². The molecule has 0 aromatic heterocycles. The molecule has 0 unspecified atom stereocenters. The van der Waals surface area contributed by atoms with Crippen LogP contribution in [0.25, 0.3) is 5.53 Å². The Morgan fingerprint density at radius 1 is 1.53 bits per heavy atom. The topological polar surface area (TPSA) is 62.7 Å². The van der Waals surface area contributed by atoms with Crippen LogP contribution in [0.5, 0.6) is 0 Å². The Kier molecular flexibility index (Phi) is 5.46. The Bertz CT molecular complexity index is 478. The summed E-state index contributed by atoms with van der Waals surface area (Å²) in [5.74, 6) is -0.587. The summed E-state index contributed by atoms with van der Waals surface area (Å²) in [7, 11) is 0. The summed E-state index contributed by atoms with van der Waals surface area (Å²) in [6.07, 6.45) is 10.8. The normalized spacial score (nSPS) is 17.5. The van der Waals surface area contributed by atoms with Crippen LogP contribution >= 0.6 is 0 Å². The molecule has 0 saturated carbocycles. The van der Waals surface area contributed by atoms with Gasteiger partial charge in [-0.15, -0.1) is 0 Å². The second kappa shape index (κ2) is 6.86. The number of carbonyl (C=O) groups is 1. The van der Waals surface area contributed by atoms with Crippen LogP contribution in [0.1, 0.15) is 33.6 Å². The van der Waals surface area contributed by atoms with E-state index in [1.807, 2.05) is 25.2 Å². The number of hydrogen-bond donors (Lipinski definition) is 0. The fourth-order valence-electron chi connectivity index (χ4n) is 1.91. The monoisotopic (exact) mass is 260 g/mol. The van der Waals surface area contributed by atoms with Crippen LogP contribution in [-0.2, 0) is 9.53 Å². The Morgan fingerprint density at radius 2 is 2.26 bits per heavy atom. The molecule has 0 radical (unpaired) electrons. The van der Waals surface area contributed by atoms with Crippen molar-refractivity contribution < 1.29 is 14.3 Å². The molecule has 0 bridgehead atoms. The number of allylic oxidation sites excluding steroid dienone is 4. The van der Waals surface area contributed by atoms with Crippen molar-refractivity contribution in [2.24, 2.45) is 5.41 Å². The minimum atomic E-state index is -0.587. The lowest BCUT2D eigenvalue weighted by Gasteiger charge is -2.15. The molecule has 4 heteroatoms. The van der Waals surface area contributed by atoms with Gasteiger partial charge in [0.25, 0.3) is 0 Å². The Morgan fingerprint density at radius 3 is 2.79 bits per heavy atom. The van der Waals surface area contributed by atoms with Gasteiger partial charge < -0.3 is 10.3 Å². The van der Waals surface area contributed by atoms with Gasteiger partial charge in [-0.2, -0.15) is 4.79 Å².